The van der Waals surface area contributed by atoms with E-state index in [0.717, 1.165) is 39.1 Å². The fraction of sp³-hybridized carbons (Fsp3) is 0.630. The van der Waals surface area contributed by atoms with Crippen LogP contribution in [0.5, 0.6) is 0 Å². The predicted molar refractivity (Wildman–Crippen MR) is 138 cm³/mol. The van der Waals surface area contributed by atoms with Gasteiger partial charge in [0.15, 0.2) is 0 Å². The minimum absolute atomic E-state index is 0.656. The number of aromatic nitrogens is 1. The van der Waals surface area contributed by atoms with Gasteiger partial charge in [0.25, 0.3) is 0 Å². The Balaban J connectivity index is 1.08. The van der Waals surface area contributed by atoms with Gasteiger partial charge in [-0.1, -0.05) is 12.1 Å². The van der Waals surface area contributed by atoms with Crippen molar-refractivity contribution in [2.24, 2.45) is 0 Å². The number of anilines is 1. The lowest BCUT2D eigenvalue weighted by Crippen LogP contribution is -2.51. The third-order valence-corrected chi connectivity index (χ3v) is 7.87. The van der Waals surface area contributed by atoms with Gasteiger partial charge in [-0.15, -0.1) is 0 Å². The van der Waals surface area contributed by atoms with Gasteiger partial charge in [0.2, 0.25) is 0 Å². The van der Waals surface area contributed by atoms with Crippen LogP contribution in [-0.2, 0) is 13.0 Å². The number of hydrogen-bond donors (Lipinski definition) is 3. The Kier molecular flexibility index (Phi) is 7.36. The number of H-pyrrole nitrogens is 1. The van der Waals surface area contributed by atoms with Crippen molar-refractivity contribution >= 4 is 5.69 Å². The van der Waals surface area contributed by atoms with Gasteiger partial charge in [-0.2, -0.15) is 0 Å². The first-order valence-electron chi connectivity index (χ1n) is 13.1. The van der Waals surface area contributed by atoms with Gasteiger partial charge < -0.3 is 20.5 Å². The summed E-state index contributed by atoms with van der Waals surface area (Å²) in [5.74, 6) is 0. The SMILES string of the molecule is CC(C)N1CCN(CCNC2CCN(c3cccc(-c4cc5c([nH]4)CCNC5)c3)CC2)CC1. The first-order valence-corrected chi connectivity index (χ1v) is 13.1. The number of nitrogens with zero attached hydrogens (tertiary/aromatic N) is 3. The summed E-state index contributed by atoms with van der Waals surface area (Å²) in [4.78, 5) is 11.5. The summed E-state index contributed by atoms with van der Waals surface area (Å²) in [5, 5.41) is 7.32. The van der Waals surface area contributed by atoms with Crippen molar-refractivity contribution in [2.45, 2.75) is 51.7 Å². The smallest absolute Gasteiger partial charge is 0.0460 e. The molecule has 2 fully saturated rings. The van der Waals surface area contributed by atoms with Crippen molar-refractivity contribution < 1.29 is 0 Å². The highest BCUT2D eigenvalue weighted by Gasteiger charge is 2.21. The van der Waals surface area contributed by atoms with Crippen molar-refractivity contribution in [3.63, 3.8) is 0 Å². The van der Waals surface area contributed by atoms with Crippen LogP contribution < -0.4 is 15.5 Å². The molecule has 0 unspecified atom stereocenters. The molecule has 0 atom stereocenters. The number of benzene rings is 1. The Labute approximate surface area is 199 Å². The molecule has 0 aliphatic carbocycles. The topological polar surface area (TPSA) is 49.6 Å². The summed E-state index contributed by atoms with van der Waals surface area (Å²) in [6, 6.07) is 12.8. The van der Waals surface area contributed by atoms with E-state index in [9.17, 15) is 0 Å². The van der Waals surface area contributed by atoms with E-state index in [1.54, 1.807) is 0 Å². The van der Waals surface area contributed by atoms with E-state index >= 15 is 0 Å². The largest absolute Gasteiger partial charge is 0.371 e. The van der Waals surface area contributed by atoms with Crippen LogP contribution in [-0.4, -0.2) is 85.8 Å². The van der Waals surface area contributed by atoms with Crippen LogP contribution in [0.3, 0.4) is 0 Å². The molecule has 0 amide bonds. The molecule has 33 heavy (non-hydrogen) atoms. The fourth-order valence-electron chi connectivity index (χ4n) is 5.66. The Morgan fingerprint density at radius 1 is 1.03 bits per heavy atom. The quantitative estimate of drug-likeness (QED) is 0.606. The van der Waals surface area contributed by atoms with Crippen LogP contribution in [0.4, 0.5) is 5.69 Å². The standard InChI is InChI=1S/C27H42N6/c1-21(2)32-16-14-31(15-17-32)13-10-29-24-7-11-33(12-8-24)25-5-3-4-22(18-25)27-19-23-20-28-9-6-26(23)30-27/h3-5,18-19,21,24,28-30H,6-17,20H2,1-2H3. The third kappa shape index (κ3) is 5.62. The highest BCUT2D eigenvalue weighted by atomic mass is 15.3. The molecular weight excluding hydrogens is 408 g/mol. The van der Waals surface area contributed by atoms with E-state index in [0.29, 0.717) is 12.1 Å². The number of nitrogens with one attached hydrogen (secondary N) is 3. The van der Waals surface area contributed by atoms with E-state index in [-0.39, 0.29) is 0 Å². The Bertz CT molecular complexity index is 866. The summed E-state index contributed by atoms with van der Waals surface area (Å²) in [6.07, 6.45) is 3.56. The molecule has 0 saturated carbocycles. The Morgan fingerprint density at radius 2 is 1.85 bits per heavy atom. The van der Waals surface area contributed by atoms with E-state index in [2.05, 4.69) is 74.5 Å². The van der Waals surface area contributed by atoms with Gasteiger partial charge in [-0.3, -0.25) is 9.80 Å². The molecule has 6 heteroatoms. The first kappa shape index (κ1) is 22.9. The van der Waals surface area contributed by atoms with Crippen molar-refractivity contribution in [1.82, 2.24) is 25.4 Å². The molecule has 180 valence electrons. The molecule has 2 saturated heterocycles. The average molecular weight is 451 g/mol. The fourth-order valence-corrected chi connectivity index (χ4v) is 5.66. The van der Waals surface area contributed by atoms with Crippen molar-refractivity contribution in [3.05, 3.63) is 41.6 Å². The molecule has 3 aliphatic rings. The van der Waals surface area contributed by atoms with Crippen LogP contribution in [0.1, 0.15) is 37.9 Å². The zero-order chi connectivity index (χ0) is 22.6. The van der Waals surface area contributed by atoms with E-state index < -0.39 is 0 Å². The molecule has 1 aromatic carbocycles. The number of piperazine rings is 1. The van der Waals surface area contributed by atoms with Gasteiger partial charge in [0.1, 0.15) is 0 Å². The molecule has 4 heterocycles. The van der Waals surface area contributed by atoms with E-state index in [1.807, 2.05) is 0 Å². The summed E-state index contributed by atoms with van der Waals surface area (Å²) in [6.45, 7) is 16.1. The molecule has 5 rings (SSSR count). The van der Waals surface area contributed by atoms with Gasteiger partial charge in [-0.25, -0.2) is 0 Å². The maximum Gasteiger partial charge on any atom is 0.0460 e. The molecule has 1 aromatic heterocycles. The van der Waals surface area contributed by atoms with Crippen LogP contribution in [0.25, 0.3) is 11.3 Å². The summed E-state index contributed by atoms with van der Waals surface area (Å²) in [7, 11) is 0. The number of fused-ring (bicyclic) bond motifs is 1. The average Bonchev–Trinajstić information content (AvgIpc) is 3.29. The number of rotatable bonds is 7. The number of hydrogen-bond acceptors (Lipinski definition) is 5. The van der Waals surface area contributed by atoms with Gasteiger partial charge in [-0.05, 0) is 56.0 Å². The number of aromatic amines is 1. The molecule has 3 aliphatic heterocycles. The molecule has 2 aromatic rings. The van der Waals surface area contributed by atoms with Crippen LogP contribution in [0, 0.1) is 0 Å². The van der Waals surface area contributed by atoms with E-state index in [4.69, 9.17) is 0 Å². The second kappa shape index (κ2) is 10.6. The lowest BCUT2D eigenvalue weighted by atomic mass is 10.0. The zero-order valence-corrected chi connectivity index (χ0v) is 20.6. The predicted octanol–water partition coefficient (Wildman–Crippen LogP) is 2.91. The van der Waals surface area contributed by atoms with Crippen molar-refractivity contribution in [1.29, 1.82) is 0 Å². The third-order valence-electron chi connectivity index (χ3n) is 7.87. The minimum atomic E-state index is 0.656. The van der Waals surface area contributed by atoms with Gasteiger partial charge in [0, 0.05) is 101 Å². The maximum absolute atomic E-state index is 3.85. The van der Waals surface area contributed by atoms with Crippen LogP contribution >= 0.6 is 0 Å². The minimum Gasteiger partial charge on any atom is -0.371 e. The summed E-state index contributed by atoms with van der Waals surface area (Å²) in [5.41, 5.74) is 6.76. The Morgan fingerprint density at radius 3 is 2.61 bits per heavy atom. The molecule has 0 spiro atoms. The Hall–Kier alpha value is -1.86. The highest BCUT2D eigenvalue weighted by Crippen LogP contribution is 2.28. The monoisotopic (exact) mass is 450 g/mol. The lowest BCUT2D eigenvalue weighted by molar-refractivity contribution is 0.108. The van der Waals surface area contributed by atoms with Gasteiger partial charge >= 0.3 is 0 Å². The van der Waals surface area contributed by atoms with Crippen molar-refractivity contribution in [3.8, 4) is 11.3 Å². The van der Waals surface area contributed by atoms with Crippen molar-refractivity contribution in [2.75, 3.05) is 63.8 Å². The second-order valence-corrected chi connectivity index (χ2v) is 10.4. The molecule has 0 radical (unpaired) electrons. The first-order chi connectivity index (χ1) is 16.2. The zero-order valence-electron chi connectivity index (χ0n) is 20.6. The lowest BCUT2D eigenvalue weighted by Gasteiger charge is -2.37. The number of piperidine rings is 1. The van der Waals surface area contributed by atoms with Crippen LogP contribution in [0.15, 0.2) is 30.3 Å². The normalized spacial score (nSPS) is 21.0. The van der Waals surface area contributed by atoms with Gasteiger partial charge in [0.05, 0.1) is 0 Å². The summed E-state index contributed by atoms with van der Waals surface area (Å²) >= 11 is 0. The maximum atomic E-state index is 3.85. The molecule has 3 N–H and O–H groups in total. The van der Waals surface area contributed by atoms with E-state index in [1.165, 1.54) is 73.8 Å². The van der Waals surface area contributed by atoms with Crippen LogP contribution in [0.2, 0.25) is 0 Å². The molecular formula is C27H42N6. The summed E-state index contributed by atoms with van der Waals surface area (Å²) < 4.78 is 0. The second-order valence-electron chi connectivity index (χ2n) is 10.4. The molecule has 6 nitrogen and oxygen atoms in total. The highest BCUT2D eigenvalue weighted by molar-refractivity contribution is 5.67. The molecule has 0 bridgehead atoms.